The Bertz CT molecular complexity index is 345. The maximum Gasteiger partial charge on any atom is 0.123 e. The van der Waals surface area contributed by atoms with Crippen LogP contribution in [0.25, 0.3) is 0 Å². The summed E-state index contributed by atoms with van der Waals surface area (Å²) < 4.78 is 18.6. The number of thioether (sulfide) groups is 1. The lowest BCUT2D eigenvalue weighted by molar-refractivity contribution is 0.259. The molecule has 1 aliphatic heterocycles. The van der Waals surface area contributed by atoms with Crippen LogP contribution >= 0.6 is 23.4 Å². The molecule has 0 N–H and O–H groups in total. The van der Waals surface area contributed by atoms with Gasteiger partial charge in [-0.2, -0.15) is 11.8 Å². The first-order valence-corrected chi connectivity index (χ1v) is 6.57. The normalized spacial score (nSPS) is 18.7. The molecule has 0 fully saturated rings. The van der Waals surface area contributed by atoms with Gasteiger partial charge in [-0.3, -0.25) is 0 Å². The first-order chi connectivity index (χ1) is 7.29. The summed E-state index contributed by atoms with van der Waals surface area (Å²) in [5, 5.41) is 0. The van der Waals surface area contributed by atoms with Gasteiger partial charge >= 0.3 is 0 Å². The zero-order valence-electron chi connectivity index (χ0n) is 8.21. The molecule has 0 spiro atoms. The standard InChI is InChI=1S/C11H12ClFOS/c12-3-4-15-7-10-6-8-5-9(13)1-2-11(8)14-10/h1-2,5,10H,3-4,6-7H2. The fourth-order valence-electron chi connectivity index (χ4n) is 1.65. The third kappa shape index (κ3) is 2.79. The first kappa shape index (κ1) is 11.1. The van der Waals surface area contributed by atoms with Gasteiger partial charge in [-0.15, -0.1) is 11.6 Å². The molecule has 0 saturated carbocycles. The van der Waals surface area contributed by atoms with E-state index < -0.39 is 0 Å². The quantitative estimate of drug-likeness (QED) is 0.596. The Balaban J connectivity index is 1.91. The van der Waals surface area contributed by atoms with E-state index in [1.54, 1.807) is 23.9 Å². The Morgan fingerprint density at radius 3 is 3.20 bits per heavy atom. The van der Waals surface area contributed by atoms with Crippen molar-refractivity contribution in [2.45, 2.75) is 12.5 Å². The van der Waals surface area contributed by atoms with Gasteiger partial charge in [0, 0.05) is 29.4 Å². The van der Waals surface area contributed by atoms with Crippen LogP contribution in [-0.2, 0) is 6.42 Å². The molecular weight excluding hydrogens is 235 g/mol. The van der Waals surface area contributed by atoms with Gasteiger partial charge in [0.15, 0.2) is 0 Å². The van der Waals surface area contributed by atoms with Gasteiger partial charge in [0.1, 0.15) is 17.7 Å². The van der Waals surface area contributed by atoms with Crippen molar-refractivity contribution in [2.75, 3.05) is 17.4 Å². The first-order valence-electron chi connectivity index (χ1n) is 4.88. The molecule has 0 amide bonds. The summed E-state index contributed by atoms with van der Waals surface area (Å²) in [5.41, 5.74) is 0.978. The molecule has 82 valence electrons. The molecule has 1 aromatic carbocycles. The predicted molar refractivity (Wildman–Crippen MR) is 62.6 cm³/mol. The average Bonchev–Trinajstić information content (AvgIpc) is 2.60. The van der Waals surface area contributed by atoms with E-state index in [9.17, 15) is 4.39 Å². The zero-order valence-corrected chi connectivity index (χ0v) is 9.78. The number of ether oxygens (including phenoxy) is 1. The van der Waals surface area contributed by atoms with Crippen molar-refractivity contribution in [3.8, 4) is 5.75 Å². The molecule has 1 nitrogen and oxygen atoms in total. The molecule has 0 radical (unpaired) electrons. The molecule has 2 rings (SSSR count). The summed E-state index contributed by atoms with van der Waals surface area (Å²) in [6.45, 7) is 0. The van der Waals surface area contributed by atoms with E-state index in [4.69, 9.17) is 16.3 Å². The highest BCUT2D eigenvalue weighted by Gasteiger charge is 2.22. The van der Waals surface area contributed by atoms with Gasteiger partial charge in [0.25, 0.3) is 0 Å². The largest absolute Gasteiger partial charge is 0.489 e. The number of hydrogen-bond donors (Lipinski definition) is 0. The molecule has 4 heteroatoms. The van der Waals surface area contributed by atoms with Crippen molar-refractivity contribution >= 4 is 23.4 Å². The third-order valence-corrected chi connectivity index (χ3v) is 3.80. The average molecular weight is 247 g/mol. The van der Waals surface area contributed by atoms with Gasteiger partial charge in [-0.25, -0.2) is 4.39 Å². The second-order valence-electron chi connectivity index (χ2n) is 3.46. The van der Waals surface area contributed by atoms with Crippen molar-refractivity contribution in [3.63, 3.8) is 0 Å². The number of hydrogen-bond acceptors (Lipinski definition) is 2. The number of benzene rings is 1. The van der Waals surface area contributed by atoms with Crippen molar-refractivity contribution in [2.24, 2.45) is 0 Å². The van der Waals surface area contributed by atoms with Gasteiger partial charge in [-0.05, 0) is 18.2 Å². The van der Waals surface area contributed by atoms with Crippen LogP contribution in [0.15, 0.2) is 18.2 Å². The van der Waals surface area contributed by atoms with Gasteiger partial charge in [0.2, 0.25) is 0 Å². The van der Waals surface area contributed by atoms with Gasteiger partial charge in [0.05, 0.1) is 0 Å². The SMILES string of the molecule is Fc1ccc2c(c1)CC(CSCCCl)O2. The van der Waals surface area contributed by atoms with Crippen molar-refractivity contribution in [1.29, 1.82) is 0 Å². The van der Waals surface area contributed by atoms with Crippen LogP contribution in [0.1, 0.15) is 5.56 Å². The molecule has 0 aliphatic carbocycles. The summed E-state index contributed by atoms with van der Waals surface area (Å²) in [6, 6.07) is 4.70. The highest BCUT2D eigenvalue weighted by molar-refractivity contribution is 7.99. The van der Waals surface area contributed by atoms with E-state index in [0.717, 1.165) is 29.2 Å². The summed E-state index contributed by atoms with van der Waals surface area (Å²) in [6.07, 6.45) is 0.984. The summed E-state index contributed by atoms with van der Waals surface area (Å²) in [7, 11) is 0. The minimum atomic E-state index is -0.189. The molecule has 1 aromatic rings. The molecule has 0 saturated heterocycles. The Kier molecular flexibility index (Phi) is 3.76. The Labute approximate surface area is 98.0 Å². The molecular formula is C11H12ClFOS. The Morgan fingerprint density at radius 1 is 1.53 bits per heavy atom. The molecule has 15 heavy (non-hydrogen) atoms. The van der Waals surface area contributed by atoms with E-state index in [0.29, 0.717) is 5.88 Å². The molecule has 1 heterocycles. The number of halogens is 2. The van der Waals surface area contributed by atoms with Crippen molar-refractivity contribution < 1.29 is 9.13 Å². The minimum absolute atomic E-state index is 0.176. The number of alkyl halides is 1. The summed E-state index contributed by atoms with van der Waals surface area (Å²) in [4.78, 5) is 0. The highest BCUT2D eigenvalue weighted by Crippen LogP contribution is 2.30. The van der Waals surface area contributed by atoms with Gasteiger partial charge < -0.3 is 4.74 Å². The molecule has 0 bridgehead atoms. The smallest absolute Gasteiger partial charge is 0.123 e. The summed E-state index contributed by atoms with van der Waals surface area (Å²) in [5.74, 6) is 3.16. The Hall–Kier alpha value is -0.410. The van der Waals surface area contributed by atoms with Gasteiger partial charge in [-0.1, -0.05) is 0 Å². The lowest BCUT2D eigenvalue weighted by Gasteiger charge is -2.08. The topological polar surface area (TPSA) is 9.23 Å². The maximum atomic E-state index is 12.9. The lowest BCUT2D eigenvalue weighted by Crippen LogP contribution is -2.16. The summed E-state index contributed by atoms with van der Waals surface area (Å²) >= 11 is 7.36. The van der Waals surface area contributed by atoms with Crippen LogP contribution in [0, 0.1) is 5.82 Å². The monoisotopic (exact) mass is 246 g/mol. The second-order valence-corrected chi connectivity index (χ2v) is 4.99. The van der Waals surface area contributed by atoms with Crippen LogP contribution < -0.4 is 4.74 Å². The fraction of sp³-hybridized carbons (Fsp3) is 0.455. The van der Waals surface area contributed by atoms with Crippen molar-refractivity contribution in [1.82, 2.24) is 0 Å². The number of rotatable bonds is 4. The molecule has 0 aromatic heterocycles. The third-order valence-electron chi connectivity index (χ3n) is 2.29. The minimum Gasteiger partial charge on any atom is -0.489 e. The van der Waals surface area contributed by atoms with Crippen molar-refractivity contribution in [3.05, 3.63) is 29.6 Å². The Morgan fingerprint density at radius 2 is 2.40 bits per heavy atom. The van der Waals surface area contributed by atoms with E-state index >= 15 is 0 Å². The van der Waals surface area contributed by atoms with E-state index in [1.807, 2.05) is 0 Å². The fourth-order valence-corrected chi connectivity index (χ4v) is 2.70. The van der Waals surface area contributed by atoms with Crippen LogP contribution in [0.5, 0.6) is 5.75 Å². The molecule has 1 unspecified atom stereocenters. The second kappa shape index (κ2) is 5.08. The van der Waals surface area contributed by atoms with Crippen LogP contribution in [-0.4, -0.2) is 23.5 Å². The molecule has 1 aliphatic rings. The van der Waals surface area contributed by atoms with E-state index in [1.165, 1.54) is 6.07 Å². The van der Waals surface area contributed by atoms with E-state index in [2.05, 4.69) is 0 Å². The number of fused-ring (bicyclic) bond motifs is 1. The van der Waals surface area contributed by atoms with Crippen LogP contribution in [0.2, 0.25) is 0 Å². The zero-order chi connectivity index (χ0) is 10.7. The molecule has 1 atom stereocenters. The maximum absolute atomic E-state index is 12.9. The van der Waals surface area contributed by atoms with E-state index in [-0.39, 0.29) is 11.9 Å². The highest BCUT2D eigenvalue weighted by atomic mass is 35.5. The van der Waals surface area contributed by atoms with Crippen LogP contribution in [0.4, 0.5) is 4.39 Å². The predicted octanol–water partition coefficient (Wildman–Crippen LogP) is 3.10. The van der Waals surface area contributed by atoms with Crippen LogP contribution in [0.3, 0.4) is 0 Å². The lowest BCUT2D eigenvalue weighted by atomic mass is 10.1.